The van der Waals surface area contributed by atoms with E-state index in [1.807, 2.05) is 11.9 Å². The van der Waals surface area contributed by atoms with Crippen LogP contribution in [0.4, 0.5) is 0 Å². The highest BCUT2D eigenvalue weighted by atomic mass is 16.2. The summed E-state index contributed by atoms with van der Waals surface area (Å²) in [6, 6.07) is 0. The van der Waals surface area contributed by atoms with Gasteiger partial charge in [-0.15, -0.1) is 0 Å². The molecule has 0 aliphatic carbocycles. The zero-order valence-electron chi connectivity index (χ0n) is 12.5. The molecular weight excluding hydrogens is 226 g/mol. The van der Waals surface area contributed by atoms with Gasteiger partial charge in [0, 0.05) is 13.6 Å². The quantitative estimate of drug-likeness (QED) is 0.745. The van der Waals surface area contributed by atoms with Crippen molar-refractivity contribution < 1.29 is 4.79 Å². The molecule has 1 heterocycles. The number of likely N-dealkylation sites (N-methyl/N-ethyl adjacent to an activating group) is 1. The Hall–Kier alpha value is -0.610. The number of hydrogen-bond acceptors (Lipinski definition) is 3. The van der Waals surface area contributed by atoms with Gasteiger partial charge in [0.25, 0.3) is 0 Å². The summed E-state index contributed by atoms with van der Waals surface area (Å²) in [5, 5.41) is 3.45. The van der Waals surface area contributed by atoms with Crippen LogP contribution >= 0.6 is 0 Å². The normalized spacial score (nSPS) is 23.6. The second kappa shape index (κ2) is 7.10. The fourth-order valence-corrected chi connectivity index (χ4v) is 2.83. The lowest BCUT2D eigenvalue weighted by atomic mass is 9.90. The van der Waals surface area contributed by atoms with Crippen LogP contribution in [-0.4, -0.2) is 62.0 Å². The van der Waals surface area contributed by atoms with E-state index in [1.54, 1.807) is 0 Å². The Morgan fingerprint density at radius 2 is 2.00 bits per heavy atom. The fraction of sp³-hybridized carbons (Fsp3) is 0.929. The minimum atomic E-state index is -0.262. The van der Waals surface area contributed by atoms with Gasteiger partial charge in [-0.05, 0) is 52.9 Å². The topological polar surface area (TPSA) is 35.6 Å². The number of nitrogens with zero attached hydrogens (tertiary/aromatic N) is 2. The molecule has 0 aromatic heterocycles. The van der Waals surface area contributed by atoms with Crippen molar-refractivity contribution in [3.63, 3.8) is 0 Å². The molecule has 18 heavy (non-hydrogen) atoms. The van der Waals surface area contributed by atoms with E-state index in [0.29, 0.717) is 5.91 Å². The fourth-order valence-electron chi connectivity index (χ4n) is 2.83. The highest BCUT2D eigenvalue weighted by molar-refractivity contribution is 5.86. The minimum absolute atomic E-state index is 0.262. The average molecular weight is 255 g/mol. The van der Waals surface area contributed by atoms with Gasteiger partial charge in [-0.3, -0.25) is 4.79 Å². The van der Waals surface area contributed by atoms with E-state index < -0.39 is 0 Å². The Morgan fingerprint density at radius 1 is 1.28 bits per heavy atom. The molecule has 1 atom stereocenters. The Labute approximate surface area is 112 Å². The summed E-state index contributed by atoms with van der Waals surface area (Å²) < 4.78 is 0. The third-order valence-corrected chi connectivity index (χ3v) is 3.78. The smallest absolute Gasteiger partial charge is 0.242 e. The summed E-state index contributed by atoms with van der Waals surface area (Å²) in [4.78, 5) is 16.7. The van der Waals surface area contributed by atoms with E-state index in [-0.39, 0.29) is 5.54 Å². The molecule has 1 rings (SSSR count). The van der Waals surface area contributed by atoms with Crippen LogP contribution in [-0.2, 0) is 4.79 Å². The Bertz CT molecular complexity index is 260. The van der Waals surface area contributed by atoms with Crippen molar-refractivity contribution >= 4 is 5.91 Å². The molecule has 0 bridgehead atoms. The third kappa shape index (κ3) is 3.95. The molecule has 1 saturated heterocycles. The SMILES string of the molecule is CCCC1(C(=O)N(C)CCCN(C)C)CCCN1. The first kappa shape index (κ1) is 15.4. The minimum Gasteiger partial charge on any atom is -0.344 e. The summed E-state index contributed by atoms with van der Waals surface area (Å²) >= 11 is 0. The molecule has 1 unspecified atom stereocenters. The number of nitrogens with one attached hydrogen (secondary N) is 1. The molecule has 1 aliphatic heterocycles. The summed E-state index contributed by atoms with van der Waals surface area (Å²) in [7, 11) is 6.08. The summed E-state index contributed by atoms with van der Waals surface area (Å²) in [6.07, 6.45) is 5.18. The first-order valence-electron chi connectivity index (χ1n) is 7.17. The molecule has 0 radical (unpaired) electrons. The van der Waals surface area contributed by atoms with Gasteiger partial charge in [0.15, 0.2) is 0 Å². The molecule has 106 valence electrons. The van der Waals surface area contributed by atoms with Crippen molar-refractivity contribution in [2.24, 2.45) is 0 Å². The Balaban J connectivity index is 2.49. The number of amides is 1. The van der Waals surface area contributed by atoms with E-state index in [9.17, 15) is 4.79 Å². The molecule has 1 aliphatic rings. The Morgan fingerprint density at radius 3 is 2.50 bits per heavy atom. The maximum atomic E-state index is 12.6. The first-order valence-corrected chi connectivity index (χ1v) is 7.17. The molecule has 0 saturated carbocycles. The highest BCUT2D eigenvalue weighted by Crippen LogP contribution is 2.26. The van der Waals surface area contributed by atoms with Gasteiger partial charge < -0.3 is 15.1 Å². The van der Waals surface area contributed by atoms with Gasteiger partial charge in [0.05, 0.1) is 5.54 Å². The number of hydrogen-bond donors (Lipinski definition) is 1. The standard InChI is InChI=1S/C14H29N3O/c1-5-8-14(9-6-10-15-14)13(18)17(4)12-7-11-16(2)3/h15H,5-12H2,1-4H3. The monoisotopic (exact) mass is 255 g/mol. The van der Waals surface area contributed by atoms with Crippen LogP contribution in [0.25, 0.3) is 0 Å². The predicted octanol–water partition coefficient (Wildman–Crippen LogP) is 1.32. The lowest BCUT2D eigenvalue weighted by Gasteiger charge is -2.32. The number of carbonyl (C=O) groups is 1. The zero-order chi connectivity index (χ0) is 13.6. The van der Waals surface area contributed by atoms with Gasteiger partial charge in [0.2, 0.25) is 5.91 Å². The van der Waals surface area contributed by atoms with Gasteiger partial charge in [-0.2, -0.15) is 0 Å². The van der Waals surface area contributed by atoms with Crippen LogP contribution in [0.3, 0.4) is 0 Å². The third-order valence-electron chi connectivity index (χ3n) is 3.78. The van der Waals surface area contributed by atoms with Crippen LogP contribution in [0, 0.1) is 0 Å². The van der Waals surface area contributed by atoms with Crippen molar-refractivity contribution in [3.05, 3.63) is 0 Å². The summed E-state index contributed by atoms with van der Waals surface area (Å²) in [5.74, 6) is 0.292. The van der Waals surface area contributed by atoms with Crippen molar-refractivity contribution in [2.75, 3.05) is 40.8 Å². The van der Waals surface area contributed by atoms with E-state index in [2.05, 4.69) is 31.2 Å². The van der Waals surface area contributed by atoms with Gasteiger partial charge in [-0.1, -0.05) is 13.3 Å². The zero-order valence-corrected chi connectivity index (χ0v) is 12.5. The molecule has 1 fully saturated rings. The van der Waals surface area contributed by atoms with Crippen LogP contribution in [0.2, 0.25) is 0 Å². The second-order valence-corrected chi connectivity index (χ2v) is 5.75. The molecular formula is C14H29N3O. The highest BCUT2D eigenvalue weighted by Gasteiger charge is 2.41. The number of carbonyl (C=O) groups excluding carboxylic acids is 1. The molecule has 0 aromatic carbocycles. The lowest BCUT2D eigenvalue weighted by molar-refractivity contribution is -0.137. The summed E-state index contributed by atoms with van der Waals surface area (Å²) in [6.45, 7) is 5.02. The molecule has 0 spiro atoms. The van der Waals surface area contributed by atoms with Crippen LogP contribution < -0.4 is 5.32 Å². The van der Waals surface area contributed by atoms with Crippen molar-refractivity contribution in [1.82, 2.24) is 15.1 Å². The Kier molecular flexibility index (Phi) is 6.09. The van der Waals surface area contributed by atoms with Crippen LogP contribution in [0.1, 0.15) is 39.0 Å². The maximum Gasteiger partial charge on any atom is 0.242 e. The lowest BCUT2D eigenvalue weighted by Crippen LogP contribution is -2.54. The predicted molar refractivity (Wildman–Crippen MR) is 75.7 cm³/mol. The van der Waals surface area contributed by atoms with Gasteiger partial charge in [-0.25, -0.2) is 0 Å². The van der Waals surface area contributed by atoms with E-state index in [4.69, 9.17) is 0 Å². The largest absolute Gasteiger partial charge is 0.344 e. The van der Waals surface area contributed by atoms with E-state index in [1.165, 1.54) is 0 Å². The van der Waals surface area contributed by atoms with Gasteiger partial charge in [0.1, 0.15) is 0 Å². The molecule has 4 heteroatoms. The van der Waals surface area contributed by atoms with Crippen molar-refractivity contribution in [3.8, 4) is 0 Å². The molecule has 4 nitrogen and oxygen atoms in total. The molecule has 1 N–H and O–H groups in total. The van der Waals surface area contributed by atoms with Crippen molar-refractivity contribution in [2.45, 2.75) is 44.6 Å². The summed E-state index contributed by atoms with van der Waals surface area (Å²) in [5.41, 5.74) is -0.262. The average Bonchev–Trinajstić information content (AvgIpc) is 2.77. The molecule has 1 amide bonds. The van der Waals surface area contributed by atoms with Crippen LogP contribution in [0.15, 0.2) is 0 Å². The van der Waals surface area contributed by atoms with E-state index in [0.717, 1.165) is 51.7 Å². The van der Waals surface area contributed by atoms with Crippen LogP contribution in [0.5, 0.6) is 0 Å². The molecule has 0 aromatic rings. The van der Waals surface area contributed by atoms with Crippen molar-refractivity contribution in [1.29, 1.82) is 0 Å². The first-order chi connectivity index (χ1) is 8.52. The number of rotatable bonds is 7. The second-order valence-electron chi connectivity index (χ2n) is 5.75. The van der Waals surface area contributed by atoms with E-state index >= 15 is 0 Å². The maximum absolute atomic E-state index is 12.6. The van der Waals surface area contributed by atoms with Gasteiger partial charge >= 0.3 is 0 Å².